The molecule has 1 aliphatic carbocycles. The molecule has 0 radical (unpaired) electrons. The van der Waals surface area contributed by atoms with Gasteiger partial charge >= 0.3 is 0 Å². The Bertz CT molecular complexity index is 606. The van der Waals surface area contributed by atoms with Gasteiger partial charge in [0.15, 0.2) is 0 Å². The molecular formula is C14H13BrClN3. The van der Waals surface area contributed by atoms with Crippen LogP contribution < -0.4 is 5.32 Å². The molecule has 2 aromatic rings. The van der Waals surface area contributed by atoms with E-state index in [1.807, 2.05) is 6.07 Å². The Morgan fingerprint density at radius 3 is 2.68 bits per heavy atom. The van der Waals surface area contributed by atoms with E-state index in [9.17, 15) is 0 Å². The predicted molar refractivity (Wildman–Crippen MR) is 81.2 cm³/mol. The van der Waals surface area contributed by atoms with Gasteiger partial charge in [0.1, 0.15) is 16.8 Å². The summed E-state index contributed by atoms with van der Waals surface area (Å²) >= 11 is 9.54. The van der Waals surface area contributed by atoms with Crippen LogP contribution >= 0.6 is 27.5 Å². The fourth-order valence-corrected chi connectivity index (χ4v) is 2.78. The molecule has 1 heterocycles. The van der Waals surface area contributed by atoms with Gasteiger partial charge in [-0.3, -0.25) is 0 Å². The maximum absolute atomic E-state index is 6.05. The average Bonchev–Trinajstić information content (AvgIpc) is 3.09. The van der Waals surface area contributed by atoms with E-state index in [2.05, 4.69) is 50.3 Å². The zero-order valence-corrected chi connectivity index (χ0v) is 12.8. The zero-order chi connectivity index (χ0) is 13.4. The molecule has 0 atom stereocenters. The van der Waals surface area contributed by atoms with Crippen molar-refractivity contribution in [3.63, 3.8) is 0 Å². The van der Waals surface area contributed by atoms with Crippen LogP contribution in [0.2, 0.25) is 5.15 Å². The third kappa shape index (κ3) is 3.25. The van der Waals surface area contributed by atoms with E-state index in [-0.39, 0.29) is 0 Å². The number of nitrogens with zero attached hydrogens (tertiary/aromatic N) is 2. The van der Waals surface area contributed by atoms with Gasteiger partial charge in [0.2, 0.25) is 0 Å². The first-order chi connectivity index (χ1) is 9.10. The Morgan fingerprint density at radius 1 is 1.21 bits per heavy atom. The summed E-state index contributed by atoms with van der Waals surface area (Å²) in [6.07, 6.45) is 2.32. The van der Waals surface area contributed by atoms with E-state index in [1.165, 1.54) is 5.56 Å². The molecule has 1 aromatic carbocycles. The number of aryl methyl sites for hydroxylation is 1. The van der Waals surface area contributed by atoms with Crippen molar-refractivity contribution in [3.05, 3.63) is 45.3 Å². The van der Waals surface area contributed by atoms with Crippen molar-refractivity contribution in [2.45, 2.75) is 25.7 Å². The van der Waals surface area contributed by atoms with E-state index >= 15 is 0 Å². The van der Waals surface area contributed by atoms with Gasteiger partial charge in [0.25, 0.3) is 0 Å². The lowest BCUT2D eigenvalue weighted by Crippen LogP contribution is -1.99. The molecule has 1 N–H and O–H groups in total. The third-order valence-electron chi connectivity index (χ3n) is 2.97. The van der Waals surface area contributed by atoms with Gasteiger partial charge in [0, 0.05) is 22.1 Å². The highest BCUT2D eigenvalue weighted by Gasteiger charge is 2.27. The summed E-state index contributed by atoms with van der Waals surface area (Å²) in [4.78, 5) is 8.81. The van der Waals surface area contributed by atoms with Gasteiger partial charge in [-0.1, -0.05) is 27.5 Å². The van der Waals surface area contributed by atoms with Crippen LogP contribution in [-0.4, -0.2) is 9.97 Å². The Labute approximate surface area is 125 Å². The number of hydrogen-bond donors (Lipinski definition) is 1. The molecule has 5 heteroatoms. The van der Waals surface area contributed by atoms with Gasteiger partial charge in [-0.2, -0.15) is 0 Å². The standard InChI is InChI=1S/C14H13BrClN3/c1-8-4-10(15)6-11(5-8)17-13-7-12(16)18-14(19-13)9-2-3-9/h4-7,9H,2-3H2,1H3,(H,17,18,19). The van der Waals surface area contributed by atoms with Crippen LogP contribution in [0, 0.1) is 6.92 Å². The Hall–Kier alpha value is -1.13. The number of halogens is 2. The fraction of sp³-hybridized carbons (Fsp3) is 0.286. The second-order valence-electron chi connectivity index (χ2n) is 4.85. The van der Waals surface area contributed by atoms with E-state index in [4.69, 9.17) is 11.6 Å². The quantitative estimate of drug-likeness (QED) is 0.815. The summed E-state index contributed by atoms with van der Waals surface area (Å²) in [7, 11) is 0. The monoisotopic (exact) mass is 337 g/mol. The Kier molecular flexibility index (Phi) is 3.46. The molecule has 1 aromatic heterocycles. The van der Waals surface area contributed by atoms with Crippen molar-refractivity contribution in [1.29, 1.82) is 0 Å². The molecule has 0 spiro atoms. The van der Waals surface area contributed by atoms with Crippen LogP contribution in [0.25, 0.3) is 0 Å². The lowest BCUT2D eigenvalue weighted by atomic mass is 10.2. The minimum atomic E-state index is 0.489. The number of anilines is 2. The van der Waals surface area contributed by atoms with Crippen molar-refractivity contribution in [2.75, 3.05) is 5.32 Å². The summed E-state index contributed by atoms with van der Waals surface area (Å²) in [5.41, 5.74) is 2.17. The van der Waals surface area contributed by atoms with Gasteiger partial charge in [-0.25, -0.2) is 9.97 Å². The van der Waals surface area contributed by atoms with Gasteiger partial charge < -0.3 is 5.32 Å². The highest BCUT2D eigenvalue weighted by atomic mass is 79.9. The van der Waals surface area contributed by atoms with Crippen molar-refractivity contribution >= 4 is 39.0 Å². The number of nitrogens with one attached hydrogen (secondary N) is 1. The summed E-state index contributed by atoms with van der Waals surface area (Å²) in [5, 5.41) is 3.78. The summed E-state index contributed by atoms with van der Waals surface area (Å²) in [6, 6.07) is 7.90. The van der Waals surface area contributed by atoms with Crippen LogP contribution in [0.5, 0.6) is 0 Å². The first-order valence-electron chi connectivity index (χ1n) is 6.19. The van der Waals surface area contributed by atoms with Gasteiger partial charge in [0.05, 0.1) is 0 Å². The van der Waals surface area contributed by atoms with Crippen LogP contribution in [0.1, 0.15) is 30.1 Å². The fourth-order valence-electron chi connectivity index (χ4n) is 1.98. The van der Waals surface area contributed by atoms with E-state index < -0.39 is 0 Å². The Morgan fingerprint density at radius 2 is 2.00 bits per heavy atom. The lowest BCUT2D eigenvalue weighted by Gasteiger charge is -2.09. The van der Waals surface area contributed by atoms with Crippen molar-refractivity contribution < 1.29 is 0 Å². The molecule has 0 aliphatic heterocycles. The average molecular weight is 339 g/mol. The van der Waals surface area contributed by atoms with E-state index in [1.54, 1.807) is 6.07 Å². The molecule has 3 nitrogen and oxygen atoms in total. The zero-order valence-electron chi connectivity index (χ0n) is 10.5. The summed E-state index contributed by atoms with van der Waals surface area (Å²) in [5.74, 6) is 2.09. The molecule has 0 amide bonds. The highest BCUT2D eigenvalue weighted by molar-refractivity contribution is 9.10. The minimum absolute atomic E-state index is 0.489. The smallest absolute Gasteiger partial charge is 0.135 e. The summed E-state index contributed by atoms with van der Waals surface area (Å²) < 4.78 is 1.04. The third-order valence-corrected chi connectivity index (χ3v) is 3.62. The number of hydrogen-bond acceptors (Lipinski definition) is 3. The Balaban J connectivity index is 1.89. The minimum Gasteiger partial charge on any atom is -0.340 e. The molecule has 19 heavy (non-hydrogen) atoms. The summed E-state index contributed by atoms with van der Waals surface area (Å²) in [6.45, 7) is 2.05. The van der Waals surface area contributed by atoms with Crippen molar-refractivity contribution in [1.82, 2.24) is 9.97 Å². The number of rotatable bonds is 3. The molecule has 1 saturated carbocycles. The lowest BCUT2D eigenvalue weighted by molar-refractivity contribution is 0.931. The van der Waals surface area contributed by atoms with Crippen molar-refractivity contribution in [2.24, 2.45) is 0 Å². The SMILES string of the molecule is Cc1cc(Br)cc(Nc2cc(Cl)nc(C3CC3)n2)c1. The van der Waals surface area contributed by atoms with Gasteiger partial charge in [-0.05, 0) is 43.5 Å². The topological polar surface area (TPSA) is 37.8 Å². The molecule has 0 bridgehead atoms. The first kappa shape index (κ1) is 12.9. The maximum atomic E-state index is 6.05. The maximum Gasteiger partial charge on any atom is 0.135 e. The normalized spacial score (nSPS) is 14.5. The van der Waals surface area contributed by atoms with Crippen LogP contribution in [0.4, 0.5) is 11.5 Å². The van der Waals surface area contributed by atoms with E-state index in [0.717, 1.165) is 34.6 Å². The second-order valence-corrected chi connectivity index (χ2v) is 6.15. The highest BCUT2D eigenvalue weighted by Crippen LogP contribution is 2.39. The molecule has 1 aliphatic rings. The van der Waals surface area contributed by atoms with Crippen LogP contribution in [0.15, 0.2) is 28.7 Å². The molecule has 98 valence electrons. The molecular weight excluding hydrogens is 326 g/mol. The van der Waals surface area contributed by atoms with Crippen LogP contribution in [0.3, 0.4) is 0 Å². The molecule has 1 fully saturated rings. The second kappa shape index (κ2) is 5.10. The first-order valence-corrected chi connectivity index (χ1v) is 7.36. The largest absolute Gasteiger partial charge is 0.340 e. The van der Waals surface area contributed by atoms with Gasteiger partial charge in [-0.15, -0.1) is 0 Å². The van der Waals surface area contributed by atoms with E-state index in [0.29, 0.717) is 11.1 Å². The predicted octanol–water partition coefficient (Wildman–Crippen LogP) is 4.82. The molecule has 0 unspecified atom stereocenters. The molecule has 0 saturated heterocycles. The van der Waals surface area contributed by atoms with Crippen LogP contribution in [-0.2, 0) is 0 Å². The number of aromatic nitrogens is 2. The molecule has 3 rings (SSSR count). The van der Waals surface area contributed by atoms with Crippen molar-refractivity contribution in [3.8, 4) is 0 Å². The number of benzene rings is 1.